The first-order valence-electron chi connectivity index (χ1n) is 7.62. The van der Waals surface area contributed by atoms with Crippen LogP contribution in [0.5, 0.6) is 0 Å². The van der Waals surface area contributed by atoms with E-state index in [1.54, 1.807) is 0 Å². The van der Waals surface area contributed by atoms with Crippen LogP contribution in [0.4, 0.5) is 0 Å². The highest BCUT2D eigenvalue weighted by Crippen LogP contribution is 2.36. The smallest absolute Gasteiger partial charge is 0.0576 e. The zero-order valence-corrected chi connectivity index (χ0v) is 12.4. The van der Waals surface area contributed by atoms with Gasteiger partial charge in [0.2, 0.25) is 0 Å². The van der Waals surface area contributed by atoms with E-state index < -0.39 is 0 Å². The van der Waals surface area contributed by atoms with Gasteiger partial charge in [-0.25, -0.2) is 0 Å². The average Bonchev–Trinajstić information content (AvgIpc) is 2.41. The lowest BCUT2D eigenvalue weighted by Crippen LogP contribution is -2.18. The van der Waals surface area contributed by atoms with Crippen molar-refractivity contribution in [1.29, 1.82) is 0 Å². The van der Waals surface area contributed by atoms with Crippen LogP contribution in [0.25, 0.3) is 0 Å². The Morgan fingerprint density at radius 2 is 1.70 bits per heavy atom. The number of rotatable bonds is 4. The Hall–Kier alpha value is -1.60. The largest absolute Gasteiger partial charge is 0.309 e. The van der Waals surface area contributed by atoms with E-state index in [-0.39, 0.29) is 6.04 Å². The van der Waals surface area contributed by atoms with Gasteiger partial charge in [0.25, 0.3) is 0 Å². The molecule has 1 unspecified atom stereocenters. The SMILES string of the molecule is CNC(c1ccc(C2CCC2)cc1)c1ccccc1C. The molecule has 104 valence electrons. The van der Waals surface area contributed by atoms with Gasteiger partial charge in [-0.1, -0.05) is 55.0 Å². The quantitative estimate of drug-likeness (QED) is 0.853. The van der Waals surface area contributed by atoms with Crippen molar-refractivity contribution in [3.8, 4) is 0 Å². The van der Waals surface area contributed by atoms with Crippen molar-refractivity contribution in [1.82, 2.24) is 5.32 Å². The minimum absolute atomic E-state index is 0.284. The van der Waals surface area contributed by atoms with Crippen LogP contribution in [-0.2, 0) is 0 Å². The first-order chi connectivity index (χ1) is 9.79. The summed E-state index contributed by atoms with van der Waals surface area (Å²) < 4.78 is 0. The van der Waals surface area contributed by atoms with Gasteiger partial charge < -0.3 is 5.32 Å². The molecule has 1 nitrogen and oxygen atoms in total. The normalized spacial score (nSPS) is 16.7. The van der Waals surface area contributed by atoms with Gasteiger partial charge in [-0.05, 0) is 55.0 Å². The molecule has 2 aromatic carbocycles. The third kappa shape index (κ3) is 2.51. The average molecular weight is 265 g/mol. The molecule has 1 saturated carbocycles. The minimum atomic E-state index is 0.284. The molecule has 1 atom stereocenters. The van der Waals surface area contributed by atoms with Crippen molar-refractivity contribution in [2.45, 2.75) is 38.1 Å². The van der Waals surface area contributed by atoms with Gasteiger partial charge >= 0.3 is 0 Å². The Kier molecular flexibility index (Phi) is 3.88. The first kappa shape index (κ1) is 13.4. The topological polar surface area (TPSA) is 12.0 Å². The molecular weight excluding hydrogens is 242 g/mol. The van der Waals surface area contributed by atoms with Crippen molar-refractivity contribution in [2.75, 3.05) is 7.05 Å². The molecule has 1 aliphatic carbocycles. The van der Waals surface area contributed by atoms with Crippen molar-refractivity contribution in [2.24, 2.45) is 0 Å². The summed E-state index contributed by atoms with van der Waals surface area (Å²) in [5.41, 5.74) is 5.57. The summed E-state index contributed by atoms with van der Waals surface area (Å²) >= 11 is 0. The van der Waals surface area contributed by atoms with Gasteiger partial charge in [0.05, 0.1) is 6.04 Å². The Bertz CT molecular complexity index is 567. The van der Waals surface area contributed by atoms with Gasteiger partial charge in [-0.3, -0.25) is 0 Å². The molecule has 3 rings (SSSR count). The standard InChI is InChI=1S/C19H23N/c1-14-6-3-4-9-18(14)19(20-2)17-12-10-16(11-13-17)15-7-5-8-15/h3-4,6,9-13,15,19-20H,5,7-8H2,1-2H3. The predicted octanol–water partition coefficient (Wildman–Crippen LogP) is 4.57. The third-order valence-corrected chi connectivity index (χ3v) is 4.63. The van der Waals surface area contributed by atoms with Crippen LogP contribution in [0.15, 0.2) is 48.5 Å². The molecule has 0 bridgehead atoms. The third-order valence-electron chi connectivity index (χ3n) is 4.63. The molecule has 0 spiro atoms. The second kappa shape index (κ2) is 5.80. The molecule has 0 amide bonds. The van der Waals surface area contributed by atoms with Crippen LogP contribution >= 0.6 is 0 Å². The maximum absolute atomic E-state index is 3.45. The fourth-order valence-electron chi connectivity index (χ4n) is 3.11. The summed E-state index contributed by atoms with van der Waals surface area (Å²) in [6, 6.07) is 18.1. The van der Waals surface area contributed by atoms with E-state index in [0.717, 1.165) is 5.92 Å². The molecule has 0 radical (unpaired) electrons. The van der Waals surface area contributed by atoms with E-state index in [9.17, 15) is 0 Å². The fraction of sp³-hybridized carbons (Fsp3) is 0.368. The Labute approximate surface area is 122 Å². The molecule has 0 aromatic heterocycles. The Morgan fingerprint density at radius 3 is 2.25 bits per heavy atom. The van der Waals surface area contributed by atoms with E-state index in [1.165, 1.54) is 41.5 Å². The van der Waals surface area contributed by atoms with Crippen LogP contribution in [0.3, 0.4) is 0 Å². The van der Waals surface area contributed by atoms with Crippen molar-refractivity contribution >= 4 is 0 Å². The van der Waals surface area contributed by atoms with E-state index in [2.05, 4.69) is 60.8 Å². The summed E-state index contributed by atoms with van der Waals surface area (Å²) in [4.78, 5) is 0. The van der Waals surface area contributed by atoms with Gasteiger partial charge in [-0.15, -0.1) is 0 Å². The number of hydrogen-bond acceptors (Lipinski definition) is 1. The first-order valence-corrected chi connectivity index (χ1v) is 7.62. The van der Waals surface area contributed by atoms with E-state index >= 15 is 0 Å². The Morgan fingerprint density at radius 1 is 1.00 bits per heavy atom. The van der Waals surface area contributed by atoms with Gasteiger partial charge in [0.1, 0.15) is 0 Å². The lowest BCUT2D eigenvalue weighted by atomic mass is 9.79. The van der Waals surface area contributed by atoms with Crippen molar-refractivity contribution in [3.05, 3.63) is 70.8 Å². The Balaban J connectivity index is 1.87. The summed E-state index contributed by atoms with van der Waals surface area (Å²) in [5.74, 6) is 0.815. The maximum atomic E-state index is 3.45. The van der Waals surface area contributed by atoms with Gasteiger partial charge in [0, 0.05) is 0 Å². The maximum Gasteiger partial charge on any atom is 0.0576 e. The van der Waals surface area contributed by atoms with Crippen molar-refractivity contribution < 1.29 is 0 Å². The van der Waals surface area contributed by atoms with E-state index in [4.69, 9.17) is 0 Å². The number of nitrogens with one attached hydrogen (secondary N) is 1. The number of hydrogen-bond donors (Lipinski definition) is 1. The molecule has 1 aliphatic rings. The lowest BCUT2D eigenvalue weighted by Gasteiger charge is -2.26. The zero-order chi connectivity index (χ0) is 13.9. The molecular formula is C19H23N. The van der Waals surface area contributed by atoms with Crippen LogP contribution in [-0.4, -0.2) is 7.05 Å². The highest BCUT2D eigenvalue weighted by atomic mass is 14.9. The van der Waals surface area contributed by atoms with Gasteiger partial charge in [-0.2, -0.15) is 0 Å². The van der Waals surface area contributed by atoms with Crippen molar-refractivity contribution in [3.63, 3.8) is 0 Å². The van der Waals surface area contributed by atoms with Crippen LogP contribution < -0.4 is 5.32 Å². The second-order valence-corrected chi connectivity index (χ2v) is 5.87. The summed E-state index contributed by atoms with van der Waals surface area (Å²) in [7, 11) is 2.04. The summed E-state index contributed by atoms with van der Waals surface area (Å²) in [6.45, 7) is 2.18. The summed E-state index contributed by atoms with van der Waals surface area (Å²) in [5, 5.41) is 3.45. The molecule has 1 heteroatoms. The highest BCUT2D eigenvalue weighted by Gasteiger charge is 2.20. The molecule has 20 heavy (non-hydrogen) atoms. The zero-order valence-electron chi connectivity index (χ0n) is 12.4. The van der Waals surface area contributed by atoms with Crippen LogP contribution in [0, 0.1) is 6.92 Å². The monoisotopic (exact) mass is 265 g/mol. The highest BCUT2D eigenvalue weighted by molar-refractivity contribution is 5.38. The predicted molar refractivity (Wildman–Crippen MR) is 85.1 cm³/mol. The summed E-state index contributed by atoms with van der Waals surface area (Å²) in [6.07, 6.45) is 4.13. The molecule has 2 aromatic rings. The molecule has 0 heterocycles. The van der Waals surface area contributed by atoms with Crippen LogP contribution in [0.2, 0.25) is 0 Å². The minimum Gasteiger partial charge on any atom is -0.309 e. The lowest BCUT2D eigenvalue weighted by molar-refractivity contribution is 0.419. The van der Waals surface area contributed by atoms with E-state index in [0.29, 0.717) is 0 Å². The van der Waals surface area contributed by atoms with Crippen LogP contribution in [0.1, 0.15) is 53.5 Å². The van der Waals surface area contributed by atoms with Gasteiger partial charge in [0.15, 0.2) is 0 Å². The molecule has 0 aliphatic heterocycles. The number of benzene rings is 2. The molecule has 1 N–H and O–H groups in total. The van der Waals surface area contributed by atoms with E-state index in [1.807, 2.05) is 7.05 Å². The fourth-order valence-corrected chi connectivity index (χ4v) is 3.11. The molecule has 1 fully saturated rings. The second-order valence-electron chi connectivity index (χ2n) is 5.87. The number of aryl methyl sites for hydroxylation is 1. The molecule has 0 saturated heterocycles.